The highest BCUT2D eigenvalue weighted by Crippen LogP contribution is 2.29. The molecule has 1 saturated carbocycles. The highest BCUT2D eigenvalue weighted by Gasteiger charge is 2.35. The number of carboxylic acid groups (broad SMARTS) is 1. The maximum atomic E-state index is 12.2. The van der Waals surface area contributed by atoms with E-state index >= 15 is 0 Å². The van der Waals surface area contributed by atoms with Gasteiger partial charge >= 0.3 is 5.97 Å². The van der Waals surface area contributed by atoms with E-state index in [-0.39, 0.29) is 17.7 Å². The Kier molecular flexibility index (Phi) is 3.69. The highest BCUT2D eigenvalue weighted by atomic mass is 16.4. The fourth-order valence-electron chi connectivity index (χ4n) is 3.14. The normalized spacial score (nSPS) is 30.5. The van der Waals surface area contributed by atoms with Crippen LogP contribution in [0.1, 0.15) is 39.0 Å². The fourth-order valence-corrected chi connectivity index (χ4v) is 3.14. The smallest absolute Gasteiger partial charge is 0.308 e. The number of piperidine rings is 1. The zero-order chi connectivity index (χ0) is 12.4. The number of aliphatic carboxylic acids is 1. The van der Waals surface area contributed by atoms with E-state index in [2.05, 4.69) is 0 Å². The molecular formula is C13H21NO3. The van der Waals surface area contributed by atoms with Gasteiger partial charge < -0.3 is 10.0 Å². The molecule has 4 heteroatoms. The van der Waals surface area contributed by atoms with E-state index in [1.807, 2.05) is 6.92 Å². The largest absolute Gasteiger partial charge is 0.481 e. The first-order chi connectivity index (χ1) is 8.08. The minimum Gasteiger partial charge on any atom is -0.481 e. The van der Waals surface area contributed by atoms with Gasteiger partial charge in [-0.2, -0.15) is 0 Å². The van der Waals surface area contributed by atoms with Crippen LogP contribution < -0.4 is 0 Å². The van der Waals surface area contributed by atoms with Crippen LogP contribution in [0, 0.1) is 17.8 Å². The second-order valence-electron chi connectivity index (χ2n) is 5.60. The number of carboxylic acids is 1. The Balaban J connectivity index is 1.99. The molecule has 96 valence electrons. The maximum Gasteiger partial charge on any atom is 0.308 e. The van der Waals surface area contributed by atoms with Crippen molar-refractivity contribution in [1.29, 1.82) is 0 Å². The van der Waals surface area contributed by atoms with Crippen LogP contribution in [-0.4, -0.2) is 35.0 Å². The predicted octanol–water partition coefficient (Wildman–Crippen LogP) is 1.75. The van der Waals surface area contributed by atoms with Crippen LogP contribution in [0.2, 0.25) is 0 Å². The van der Waals surface area contributed by atoms with Gasteiger partial charge in [-0.05, 0) is 25.2 Å². The van der Waals surface area contributed by atoms with Crippen molar-refractivity contribution in [3.8, 4) is 0 Å². The molecule has 0 spiro atoms. The number of rotatable bonds is 2. The third kappa shape index (κ3) is 2.79. The lowest BCUT2D eigenvalue weighted by Crippen LogP contribution is -2.47. The van der Waals surface area contributed by atoms with Gasteiger partial charge in [-0.1, -0.05) is 19.8 Å². The first-order valence-corrected chi connectivity index (χ1v) is 6.59. The summed E-state index contributed by atoms with van der Waals surface area (Å²) in [5.41, 5.74) is 0. The van der Waals surface area contributed by atoms with Crippen LogP contribution in [0.4, 0.5) is 0 Å². The Morgan fingerprint density at radius 2 is 1.76 bits per heavy atom. The van der Waals surface area contributed by atoms with Crippen molar-refractivity contribution in [2.24, 2.45) is 17.8 Å². The molecular weight excluding hydrogens is 218 g/mol. The summed E-state index contributed by atoms with van der Waals surface area (Å²) in [6.07, 6.45) is 4.96. The van der Waals surface area contributed by atoms with Crippen LogP contribution in [0.5, 0.6) is 0 Å². The SMILES string of the molecule is CC1CC(C(=O)O)CN(C(=O)C2CCCC2)C1. The summed E-state index contributed by atoms with van der Waals surface area (Å²) in [6.45, 7) is 3.18. The predicted molar refractivity (Wildman–Crippen MR) is 63.4 cm³/mol. The van der Waals surface area contributed by atoms with Crippen LogP contribution in [0.3, 0.4) is 0 Å². The molecule has 1 amide bonds. The zero-order valence-electron chi connectivity index (χ0n) is 10.4. The molecule has 2 rings (SSSR count). The van der Waals surface area contributed by atoms with Gasteiger partial charge in [-0.15, -0.1) is 0 Å². The Morgan fingerprint density at radius 3 is 2.35 bits per heavy atom. The van der Waals surface area contributed by atoms with Crippen LogP contribution >= 0.6 is 0 Å². The standard InChI is InChI=1S/C13H21NO3/c1-9-6-11(13(16)17)8-14(7-9)12(15)10-4-2-3-5-10/h9-11H,2-8H2,1H3,(H,16,17). The molecule has 0 aromatic rings. The van der Waals surface area contributed by atoms with E-state index in [1.54, 1.807) is 4.90 Å². The first-order valence-electron chi connectivity index (χ1n) is 6.59. The highest BCUT2D eigenvalue weighted by molar-refractivity contribution is 5.80. The summed E-state index contributed by atoms with van der Waals surface area (Å²) in [5.74, 6) is -0.477. The zero-order valence-corrected chi connectivity index (χ0v) is 10.4. The van der Waals surface area contributed by atoms with Crippen molar-refractivity contribution in [2.45, 2.75) is 39.0 Å². The molecule has 2 unspecified atom stereocenters. The Bertz CT molecular complexity index is 310. The summed E-state index contributed by atoms with van der Waals surface area (Å²) in [6, 6.07) is 0. The number of amides is 1. The van der Waals surface area contributed by atoms with E-state index in [0.717, 1.165) is 32.2 Å². The van der Waals surface area contributed by atoms with E-state index in [1.165, 1.54) is 0 Å². The summed E-state index contributed by atoms with van der Waals surface area (Å²) in [7, 11) is 0. The van der Waals surface area contributed by atoms with Crippen molar-refractivity contribution in [1.82, 2.24) is 4.90 Å². The number of likely N-dealkylation sites (tertiary alicyclic amines) is 1. The summed E-state index contributed by atoms with van der Waals surface area (Å²) in [4.78, 5) is 25.1. The van der Waals surface area contributed by atoms with Gasteiger partial charge in [0.15, 0.2) is 0 Å². The number of nitrogens with zero attached hydrogens (tertiary/aromatic N) is 1. The number of carbonyl (C=O) groups excluding carboxylic acids is 1. The molecule has 0 radical (unpaired) electrons. The molecule has 1 aliphatic carbocycles. The molecule has 2 fully saturated rings. The van der Waals surface area contributed by atoms with Crippen molar-refractivity contribution in [3.05, 3.63) is 0 Å². The summed E-state index contributed by atoms with van der Waals surface area (Å²) in [5, 5.41) is 9.08. The van der Waals surface area contributed by atoms with Gasteiger partial charge in [-0.25, -0.2) is 0 Å². The number of hydrogen-bond donors (Lipinski definition) is 1. The lowest BCUT2D eigenvalue weighted by Gasteiger charge is -2.36. The fraction of sp³-hybridized carbons (Fsp3) is 0.846. The molecule has 2 atom stereocenters. The topological polar surface area (TPSA) is 57.6 Å². The maximum absolute atomic E-state index is 12.2. The molecule has 1 N–H and O–H groups in total. The van der Waals surface area contributed by atoms with Crippen molar-refractivity contribution in [2.75, 3.05) is 13.1 Å². The lowest BCUT2D eigenvalue weighted by atomic mass is 9.89. The van der Waals surface area contributed by atoms with Gasteiger partial charge in [0.2, 0.25) is 5.91 Å². The molecule has 17 heavy (non-hydrogen) atoms. The van der Waals surface area contributed by atoms with Gasteiger partial charge in [0.05, 0.1) is 5.92 Å². The minimum atomic E-state index is -0.763. The quantitative estimate of drug-likeness (QED) is 0.798. The van der Waals surface area contributed by atoms with Gasteiger partial charge in [0.25, 0.3) is 0 Å². The number of hydrogen-bond acceptors (Lipinski definition) is 2. The summed E-state index contributed by atoms with van der Waals surface area (Å²) >= 11 is 0. The van der Waals surface area contributed by atoms with E-state index in [4.69, 9.17) is 5.11 Å². The first kappa shape index (κ1) is 12.4. The molecule has 1 heterocycles. The lowest BCUT2D eigenvalue weighted by molar-refractivity contribution is -0.148. The Hall–Kier alpha value is -1.06. The van der Waals surface area contributed by atoms with Gasteiger partial charge in [-0.3, -0.25) is 9.59 Å². The molecule has 0 bridgehead atoms. The van der Waals surface area contributed by atoms with E-state index in [9.17, 15) is 9.59 Å². The third-order valence-electron chi connectivity index (χ3n) is 4.03. The summed E-state index contributed by atoms with van der Waals surface area (Å²) < 4.78 is 0. The average Bonchev–Trinajstić information content (AvgIpc) is 2.80. The van der Waals surface area contributed by atoms with E-state index < -0.39 is 5.97 Å². The molecule has 0 aromatic carbocycles. The van der Waals surface area contributed by atoms with Crippen molar-refractivity contribution in [3.63, 3.8) is 0 Å². The monoisotopic (exact) mass is 239 g/mol. The number of carbonyl (C=O) groups is 2. The van der Waals surface area contributed by atoms with Crippen LogP contribution in [0.25, 0.3) is 0 Å². The molecule has 2 aliphatic rings. The Morgan fingerprint density at radius 1 is 1.12 bits per heavy atom. The van der Waals surface area contributed by atoms with Crippen LogP contribution in [0.15, 0.2) is 0 Å². The van der Waals surface area contributed by atoms with Gasteiger partial charge in [0, 0.05) is 19.0 Å². The van der Waals surface area contributed by atoms with E-state index in [0.29, 0.717) is 18.9 Å². The van der Waals surface area contributed by atoms with Crippen molar-refractivity contribution >= 4 is 11.9 Å². The molecule has 4 nitrogen and oxygen atoms in total. The van der Waals surface area contributed by atoms with Crippen molar-refractivity contribution < 1.29 is 14.7 Å². The van der Waals surface area contributed by atoms with Gasteiger partial charge in [0.1, 0.15) is 0 Å². The second-order valence-corrected chi connectivity index (χ2v) is 5.60. The third-order valence-corrected chi connectivity index (χ3v) is 4.03. The molecule has 1 saturated heterocycles. The second kappa shape index (κ2) is 5.07. The average molecular weight is 239 g/mol. The minimum absolute atomic E-state index is 0.162. The molecule has 0 aromatic heterocycles. The molecule has 1 aliphatic heterocycles. The van der Waals surface area contributed by atoms with Crippen LogP contribution in [-0.2, 0) is 9.59 Å². The Labute approximate surface area is 102 Å².